The van der Waals surface area contributed by atoms with Crippen LogP contribution in [0.5, 0.6) is 0 Å². The molecule has 0 unspecified atom stereocenters. The first kappa shape index (κ1) is 14.1. The van der Waals surface area contributed by atoms with Crippen molar-refractivity contribution >= 4 is 20.2 Å². The van der Waals surface area contributed by atoms with E-state index in [0.29, 0.717) is 0 Å². The number of rotatable bonds is 3. The highest BCUT2D eigenvalue weighted by Crippen LogP contribution is 2.26. The third-order valence-corrected chi connectivity index (χ3v) is 4.18. The Balaban J connectivity index is 3.85. The summed E-state index contributed by atoms with van der Waals surface area (Å²) in [6.45, 7) is 0.919. The maximum absolute atomic E-state index is 11.1. The first-order chi connectivity index (χ1) is 7.59. The second-order valence-electron chi connectivity index (χ2n) is 3.34. The first-order valence-electron chi connectivity index (χ1n) is 4.36. The summed E-state index contributed by atoms with van der Waals surface area (Å²) in [6.07, 6.45) is 0. The van der Waals surface area contributed by atoms with Crippen LogP contribution in [0.15, 0.2) is 21.9 Å². The summed E-state index contributed by atoms with van der Waals surface area (Å²) in [5.74, 6) is 0. The van der Waals surface area contributed by atoms with E-state index in [0.717, 1.165) is 12.1 Å². The molecule has 0 aliphatic rings. The molecule has 17 heavy (non-hydrogen) atoms. The van der Waals surface area contributed by atoms with E-state index in [-0.39, 0.29) is 11.1 Å². The predicted molar refractivity (Wildman–Crippen MR) is 58.7 cm³/mol. The van der Waals surface area contributed by atoms with Crippen molar-refractivity contribution in [2.24, 2.45) is 5.73 Å². The summed E-state index contributed by atoms with van der Waals surface area (Å²) >= 11 is 0. The van der Waals surface area contributed by atoms with Gasteiger partial charge in [-0.05, 0) is 18.6 Å². The van der Waals surface area contributed by atoms with Crippen molar-refractivity contribution in [1.82, 2.24) is 0 Å². The molecule has 9 heteroatoms. The average Bonchev–Trinajstić information content (AvgIpc) is 2.12. The van der Waals surface area contributed by atoms with Crippen molar-refractivity contribution in [3.05, 3.63) is 23.3 Å². The van der Waals surface area contributed by atoms with Gasteiger partial charge in [-0.2, -0.15) is 16.8 Å². The molecule has 0 saturated carbocycles. The zero-order valence-corrected chi connectivity index (χ0v) is 10.4. The third-order valence-electron chi connectivity index (χ3n) is 2.15. The molecule has 0 fully saturated rings. The Kier molecular flexibility index (Phi) is 3.60. The Bertz CT molecular complexity index is 647. The molecular weight excluding hydrogens is 270 g/mol. The van der Waals surface area contributed by atoms with Crippen LogP contribution in [0, 0.1) is 6.92 Å². The molecule has 0 saturated heterocycles. The second kappa shape index (κ2) is 4.35. The van der Waals surface area contributed by atoms with Crippen molar-refractivity contribution in [1.29, 1.82) is 0 Å². The molecule has 0 bridgehead atoms. The largest absolute Gasteiger partial charge is 0.326 e. The van der Waals surface area contributed by atoms with Crippen LogP contribution in [0.4, 0.5) is 0 Å². The van der Waals surface area contributed by atoms with E-state index in [2.05, 4.69) is 0 Å². The van der Waals surface area contributed by atoms with Crippen LogP contribution >= 0.6 is 0 Å². The van der Waals surface area contributed by atoms with Gasteiger partial charge in [0.2, 0.25) is 0 Å². The fraction of sp³-hybridized carbons (Fsp3) is 0.250. The van der Waals surface area contributed by atoms with Gasteiger partial charge in [-0.25, -0.2) is 0 Å². The minimum Gasteiger partial charge on any atom is -0.326 e. The highest BCUT2D eigenvalue weighted by atomic mass is 32.2. The van der Waals surface area contributed by atoms with E-state index >= 15 is 0 Å². The maximum atomic E-state index is 11.1. The lowest BCUT2D eigenvalue weighted by Gasteiger charge is -2.11. The number of hydrogen-bond acceptors (Lipinski definition) is 5. The van der Waals surface area contributed by atoms with Gasteiger partial charge in [0.15, 0.2) is 0 Å². The maximum Gasteiger partial charge on any atom is 0.295 e. The molecular formula is C8H11NO6S2. The van der Waals surface area contributed by atoms with Gasteiger partial charge in [0.05, 0.1) is 4.90 Å². The fourth-order valence-electron chi connectivity index (χ4n) is 1.52. The molecule has 0 radical (unpaired) electrons. The monoisotopic (exact) mass is 281 g/mol. The summed E-state index contributed by atoms with van der Waals surface area (Å²) in [6, 6.07) is 2.19. The fourth-order valence-corrected chi connectivity index (χ4v) is 3.30. The molecule has 0 heterocycles. The quantitative estimate of drug-likeness (QED) is 0.661. The van der Waals surface area contributed by atoms with Crippen molar-refractivity contribution in [3.8, 4) is 0 Å². The Morgan fingerprint density at radius 2 is 1.65 bits per heavy atom. The predicted octanol–water partition coefficient (Wildman–Crippen LogP) is -0.0529. The lowest BCUT2D eigenvalue weighted by Crippen LogP contribution is -2.14. The number of benzene rings is 1. The van der Waals surface area contributed by atoms with Crippen LogP contribution in [0.2, 0.25) is 0 Å². The van der Waals surface area contributed by atoms with Crippen molar-refractivity contribution in [2.45, 2.75) is 23.3 Å². The number of aryl methyl sites for hydroxylation is 1. The molecule has 4 N–H and O–H groups in total. The van der Waals surface area contributed by atoms with E-state index < -0.39 is 36.6 Å². The van der Waals surface area contributed by atoms with E-state index in [4.69, 9.17) is 14.8 Å². The molecule has 7 nitrogen and oxygen atoms in total. The molecule has 0 spiro atoms. The van der Waals surface area contributed by atoms with Gasteiger partial charge in [-0.15, -0.1) is 0 Å². The van der Waals surface area contributed by atoms with Gasteiger partial charge < -0.3 is 5.73 Å². The molecule has 0 aromatic heterocycles. The molecule has 0 aliphatic carbocycles. The van der Waals surface area contributed by atoms with Crippen LogP contribution in [0.25, 0.3) is 0 Å². The molecule has 1 aromatic rings. The van der Waals surface area contributed by atoms with E-state index in [9.17, 15) is 16.8 Å². The summed E-state index contributed by atoms with van der Waals surface area (Å²) in [5.41, 5.74) is 5.06. The molecule has 1 rings (SSSR count). The van der Waals surface area contributed by atoms with Gasteiger partial charge >= 0.3 is 0 Å². The van der Waals surface area contributed by atoms with Crippen LogP contribution < -0.4 is 5.73 Å². The second-order valence-corrected chi connectivity index (χ2v) is 6.09. The Morgan fingerprint density at radius 1 is 1.12 bits per heavy atom. The Labute approximate surface area is 98.8 Å². The summed E-state index contributed by atoms with van der Waals surface area (Å²) < 4.78 is 62.3. The minimum absolute atomic E-state index is 0.139. The lowest BCUT2D eigenvalue weighted by atomic mass is 10.1. The minimum atomic E-state index is -4.61. The topological polar surface area (TPSA) is 135 Å². The van der Waals surface area contributed by atoms with Gasteiger partial charge in [-0.3, -0.25) is 9.11 Å². The van der Waals surface area contributed by atoms with Crippen LogP contribution in [-0.4, -0.2) is 25.9 Å². The first-order valence-corrected chi connectivity index (χ1v) is 7.24. The number of nitrogens with two attached hydrogens (primary N) is 1. The van der Waals surface area contributed by atoms with Crippen LogP contribution in [-0.2, 0) is 26.8 Å². The third kappa shape index (κ3) is 2.82. The summed E-state index contributed by atoms with van der Waals surface area (Å²) in [4.78, 5) is -1.21. The van der Waals surface area contributed by atoms with E-state index in [1.165, 1.54) is 6.92 Å². The Morgan fingerprint density at radius 3 is 2.00 bits per heavy atom. The van der Waals surface area contributed by atoms with Gasteiger partial charge in [-0.1, -0.05) is 6.07 Å². The molecule has 96 valence electrons. The molecule has 0 amide bonds. The lowest BCUT2D eigenvalue weighted by molar-refractivity contribution is 0.478. The zero-order chi connectivity index (χ0) is 13.4. The summed E-state index contributed by atoms with van der Waals surface area (Å²) in [5, 5.41) is 0. The van der Waals surface area contributed by atoms with E-state index in [1.54, 1.807) is 0 Å². The average molecular weight is 281 g/mol. The van der Waals surface area contributed by atoms with Gasteiger partial charge in [0, 0.05) is 12.1 Å². The highest BCUT2D eigenvalue weighted by molar-refractivity contribution is 7.86. The molecule has 0 aliphatic heterocycles. The van der Waals surface area contributed by atoms with Crippen molar-refractivity contribution in [2.75, 3.05) is 0 Å². The smallest absolute Gasteiger partial charge is 0.295 e. The SMILES string of the molecule is Cc1ccc(S(=O)(=O)O)c(CN)c1S(=O)(=O)O. The van der Waals surface area contributed by atoms with E-state index in [1.807, 2.05) is 0 Å². The van der Waals surface area contributed by atoms with Gasteiger partial charge in [0.25, 0.3) is 20.2 Å². The standard InChI is InChI=1S/C8H11NO6S2/c1-5-2-3-7(16(10,11)12)6(4-9)8(5)17(13,14)15/h2-3H,4,9H2,1H3,(H,10,11,12)(H,13,14,15). The van der Waals surface area contributed by atoms with Crippen molar-refractivity contribution in [3.63, 3.8) is 0 Å². The van der Waals surface area contributed by atoms with Crippen molar-refractivity contribution < 1.29 is 25.9 Å². The highest BCUT2D eigenvalue weighted by Gasteiger charge is 2.25. The summed E-state index contributed by atoms with van der Waals surface area (Å²) in [7, 11) is -9.22. The van der Waals surface area contributed by atoms with Gasteiger partial charge in [0.1, 0.15) is 4.90 Å². The van der Waals surface area contributed by atoms with Crippen LogP contribution in [0.3, 0.4) is 0 Å². The zero-order valence-electron chi connectivity index (χ0n) is 8.78. The number of hydrogen-bond donors (Lipinski definition) is 3. The Hall–Kier alpha value is -1.00. The molecule has 0 atom stereocenters. The normalized spacial score (nSPS) is 12.7. The molecule has 1 aromatic carbocycles. The van der Waals surface area contributed by atoms with Crippen LogP contribution in [0.1, 0.15) is 11.1 Å².